The van der Waals surface area contributed by atoms with E-state index in [9.17, 15) is 4.39 Å². The lowest BCUT2D eigenvalue weighted by atomic mass is 10.0. The number of rotatable bonds is 2. The molecule has 2 rings (SSSR count). The summed E-state index contributed by atoms with van der Waals surface area (Å²) in [4.78, 5) is 2.28. The van der Waals surface area contributed by atoms with Crippen LogP contribution >= 0.6 is 0 Å². The second-order valence-corrected chi connectivity index (χ2v) is 5.30. The molecule has 0 spiro atoms. The Morgan fingerprint density at radius 2 is 2.12 bits per heavy atom. The van der Waals surface area contributed by atoms with E-state index in [1.54, 1.807) is 6.07 Å². The van der Waals surface area contributed by atoms with Crippen LogP contribution in [0.15, 0.2) is 18.2 Å². The van der Waals surface area contributed by atoms with E-state index in [0.29, 0.717) is 17.5 Å². The van der Waals surface area contributed by atoms with Crippen molar-refractivity contribution in [3.63, 3.8) is 0 Å². The van der Waals surface area contributed by atoms with Crippen LogP contribution in [0.3, 0.4) is 0 Å². The number of hydrogen-bond donors (Lipinski definition) is 1. The van der Waals surface area contributed by atoms with Crippen LogP contribution in [0.4, 0.5) is 10.1 Å². The molecule has 1 aromatic rings. The first kappa shape index (κ1) is 12.4. The molecule has 0 aliphatic carbocycles. The van der Waals surface area contributed by atoms with Crippen LogP contribution in [0.25, 0.3) is 0 Å². The van der Waals surface area contributed by atoms with Crippen LogP contribution in [-0.4, -0.2) is 12.6 Å². The van der Waals surface area contributed by atoms with Crippen molar-refractivity contribution in [2.24, 2.45) is 11.7 Å². The lowest BCUT2D eigenvalue weighted by Gasteiger charge is -2.28. The second-order valence-electron chi connectivity index (χ2n) is 5.30. The van der Waals surface area contributed by atoms with Crippen LogP contribution in [0.5, 0.6) is 0 Å². The minimum absolute atomic E-state index is 0.191. The normalized spacial score (nSPS) is 26.3. The maximum atomic E-state index is 13.9. The molecule has 1 heterocycles. The molecule has 17 heavy (non-hydrogen) atoms. The highest BCUT2D eigenvalue weighted by Crippen LogP contribution is 2.34. The van der Waals surface area contributed by atoms with Gasteiger partial charge < -0.3 is 10.6 Å². The number of anilines is 1. The van der Waals surface area contributed by atoms with Gasteiger partial charge in [0.2, 0.25) is 0 Å². The standard InChI is InChI=1S/C14H21FN2/c1-9-7-10(2)17(8-9)13-6-4-5-12(15)14(13)11(3)16/h4-6,9-11H,7-8,16H2,1-3H3. The van der Waals surface area contributed by atoms with Gasteiger partial charge in [-0.1, -0.05) is 13.0 Å². The maximum Gasteiger partial charge on any atom is 0.130 e. The quantitative estimate of drug-likeness (QED) is 0.855. The highest BCUT2D eigenvalue weighted by Gasteiger charge is 2.29. The van der Waals surface area contributed by atoms with Gasteiger partial charge in [0.05, 0.1) is 0 Å². The first-order chi connectivity index (χ1) is 8.00. The van der Waals surface area contributed by atoms with Crippen molar-refractivity contribution in [1.82, 2.24) is 0 Å². The van der Waals surface area contributed by atoms with Gasteiger partial charge in [0.25, 0.3) is 0 Å². The monoisotopic (exact) mass is 236 g/mol. The van der Waals surface area contributed by atoms with Gasteiger partial charge in [0, 0.05) is 29.9 Å². The van der Waals surface area contributed by atoms with Gasteiger partial charge in [0.1, 0.15) is 5.82 Å². The zero-order chi connectivity index (χ0) is 12.6. The summed E-state index contributed by atoms with van der Waals surface area (Å²) >= 11 is 0. The first-order valence-electron chi connectivity index (χ1n) is 6.31. The molecule has 1 fully saturated rings. The molecule has 3 atom stereocenters. The summed E-state index contributed by atoms with van der Waals surface area (Å²) in [5.74, 6) is 0.471. The van der Waals surface area contributed by atoms with Gasteiger partial charge in [-0.05, 0) is 38.3 Å². The molecular formula is C14H21FN2. The van der Waals surface area contributed by atoms with E-state index in [1.807, 2.05) is 13.0 Å². The Morgan fingerprint density at radius 3 is 2.65 bits per heavy atom. The number of halogens is 1. The smallest absolute Gasteiger partial charge is 0.130 e. The summed E-state index contributed by atoms with van der Waals surface area (Å²) in [5, 5.41) is 0. The van der Waals surface area contributed by atoms with Gasteiger partial charge in [-0.3, -0.25) is 0 Å². The van der Waals surface area contributed by atoms with E-state index in [1.165, 1.54) is 6.07 Å². The molecule has 1 aliphatic heterocycles. The molecule has 3 heteroatoms. The molecule has 0 amide bonds. The lowest BCUT2D eigenvalue weighted by Crippen LogP contribution is -2.29. The third kappa shape index (κ3) is 2.29. The average Bonchev–Trinajstić information content (AvgIpc) is 2.56. The van der Waals surface area contributed by atoms with E-state index < -0.39 is 0 Å². The van der Waals surface area contributed by atoms with Crippen LogP contribution in [0.1, 0.15) is 38.8 Å². The molecule has 0 aromatic heterocycles. The summed E-state index contributed by atoms with van der Waals surface area (Å²) in [5.41, 5.74) is 7.51. The fourth-order valence-corrected chi connectivity index (χ4v) is 2.86. The molecule has 0 bridgehead atoms. The number of nitrogens with zero attached hydrogens (tertiary/aromatic N) is 1. The zero-order valence-electron chi connectivity index (χ0n) is 10.8. The molecule has 94 valence electrons. The topological polar surface area (TPSA) is 29.3 Å². The molecule has 1 saturated heterocycles. The summed E-state index contributed by atoms with van der Waals surface area (Å²) in [6.45, 7) is 7.26. The van der Waals surface area contributed by atoms with E-state index in [4.69, 9.17) is 5.73 Å². The minimum Gasteiger partial charge on any atom is -0.368 e. The SMILES string of the molecule is CC1CC(C)N(c2cccc(F)c2C(C)N)C1. The van der Waals surface area contributed by atoms with E-state index in [-0.39, 0.29) is 11.9 Å². The van der Waals surface area contributed by atoms with Crippen molar-refractivity contribution in [2.75, 3.05) is 11.4 Å². The fourth-order valence-electron chi connectivity index (χ4n) is 2.86. The molecule has 3 unspecified atom stereocenters. The molecule has 1 aliphatic rings. The van der Waals surface area contributed by atoms with Crippen LogP contribution in [0, 0.1) is 11.7 Å². The van der Waals surface area contributed by atoms with Crippen molar-refractivity contribution in [1.29, 1.82) is 0 Å². The minimum atomic E-state index is -0.269. The van der Waals surface area contributed by atoms with Crippen molar-refractivity contribution in [3.05, 3.63) is 29.6 Å². The van der Waals surface area contributed by atoms with E-state index in [2.05, 4.69) is 18.7 Å². The predicted octanol–water partition coefficient (Wildman–Crippen LogP) is 3.08. The molecule has 0 radical (unpaired) electrons. The Bertz CT molecular complexity index is 403. The predicted molar refractivity (Wildman–Crippen MR) is 69.6 cm³/mol. The Balaban J connectivity index is 2.41. The van der Waals surface area contributed by atoms with Gasteiger partial charge >= 0.3 is 0 Å². The van der Waals surface area contributed by atoms with Gasteiger partial charge in [0.15, 0.2) is 0 Å². The number of benzene rings is 1. The number of nitrogens with two attached hydrogens (primary N) is 1. The zero-order valence-corrected chi connectivity index (χ0v) is 10.8. The Morgan fingerprint density at radius 1 is 1.41 bits per heavy atom. The maximum absolute atomic E-state index is 13.9. The fraction of sp³-hybridized carbons (Fsp3) is 0.571. The van der Waals surface area contributed by atoms with Crippen LogP contribution in [-0.2, 0) is 0 Å². The second kappa shape index (κ2) is 4.65. The third-order valence-electron chi connectivity index (χ3n) is 3.58. The number of hydrogen-bond acceptors (Lipinski definition) is 2. The summed E-state index contributed by atoms with van der Waals surface area (Å²) in [7, 11) is 0. The molecular weight excluding hydrogens is 215 g/mol. The Hall–Kier alpha value is -1.09. The van der Waals surface area contributed by atoms with Crippen LogP contribution < -0.4 is 10.6 Å². The van der Waals surface area contributed by atoms with Crippen LogP contribution in [0.2, 0.25) is 0 Å². The largest absolute Gasteiger partial charge is 0.368 e. The molecule has 0 saturated carbocycles. The summed E-state index contributed by atoms with van der Waals surface area (Å²) in [6.07, 6.45) is 1.16. The third-order valence-corrected chi connectivity index (χ3v) is 3.58. The van der Waals surface area contributed by atoms with Gasteiger partial charge in [-0.2, -0.15) is 0 Å². The molecule has 2 nitrogen and oxygen atoms in total. The van der Waals surface area contributed by atoms with E-state index in [0.717, 1.165) is 18.7 Å². The van der Waals surface area contributed by atoms with Gasteiger partial charge in [-0.15, -0.1) is 0 Å². The van der Waals surface area contributed by atoms with Crippen molar-refractivity contribution in [2.45, 2.75) is 39.3 Å². The average molecular weight is 236 g/mol. The highest BCUT2D eigenvalue weighted by molar-refractivity contribution is 5.57. The van der Waals surface area contributed by atoms with Crippen molar-refractivity contribution in [3.8, 4) is 0 Å². The van der Waals surface area contributed by atoms with Gasteiger partial charge in [-0.25, -0.2) is 4.39 Å². The van der Waals surface area contributed by atoms with Crippen molar-refractivity contribution < 1.29 is 4.39 Å². The molecule has 2 N–H and O–H groups in total. The molecule has 1 aromatic carbocycles. The van der Waals surface area contributed by atoms with E-state index >= 15 is 0 Å². The summed E-state index contributed by atoms with van der Waals surface area (Å²) in [6, 6.07) is 5.44. The highest BCUT2D eigenvalue weighted by atomic mass is 19.1. The van der Waals surface area contributed by atoms with Crippen molar-refractivity contribution >= 4 is 5.69 Å². The summed E-state index contributed by atoms with van der Waals surface area (Å²) < 4.78 is 13.9. The Kier molecular flexibility index (Phi) is 3.38. The first-order valence-corrected chi connectivity index (χ1v) is 6.31. The Labute approximate surface area is 103 Å². The lowest BCUT2D eigenvalue weighted by molar-refractivity contribution is 0.590.